The van der Waals surface area contributed by atoms with Crippen molar-refractivity contribution in [1.82, 2.24) is 9.71 Å². The summed E-state index contributed by atoms with van der Waals surface area (Å²) < 4.78 is 28.9. The normalized spacial score (nSPS) is 23.0. The minimum atomic E-state index is -3.57. The minimum absolute atomic E-state index is 0.0254. The summed E-state index contributed by atoms with van der Waals surface area (Å²) in [5.74, 6) is 0.793. The molecule has 0 aliphatic heterocycles. The molecule has 0 aromatic carbocycles. The van der Waals surface area contributed by atoms with Gasteiger partial charge in [-0.1, -0.05) is 26.2 Å². The van der Waals surface area contributed by atoms with E-state index in [1.807, 2.05) is 0 Å². The molecule has 1 fully saturated rings. The molecule has 0 bridgehead atoms. The average molecular weight is 376 g/mol. The van der Waals surface area contributed by atoms with E-state index in [0.29, 0.717) is 16.2 Å². The number of aromatic nitrogens is 1. The molecule has 7 heteroatoms. The van der Waals surface area contributed by atoms with Gasteiger partial charge in [-0.15, -0.1) is 0 Å². The lowest BCUT2D eigenvalue weighted by atomic mass is 9.83. The van der Waals surface area contributed by atoms with Gasteiger partial charge in [-0.2, -0.15) is 0 Å². The number of sulfonamides is 1. The highest BCUT2D eigenvalue weighted by molar-refractivity contribution is 9.10. The van der Waals surface area contributed by atoms with Crippen LogP contribution in [-0.4, -0.2) is 26.5 Å². The largest absolute Gasteiger partial charge is 0.372 e. The van der Waals surface area contributed by atoms with Crippen LogP contribution in [0.5, 0.6) is 0 Å². The van der Waals surface area contributed by atoms with Gasteiger partial charge >= 0.3 is 0 Å². The van der Waals surface area contributed by atoms with Crippen LogP contribution in [0.25, 0.3) is 0 Å². The third-order valence-corrected chi connectivity index (χ3v) is 6.02. The summed E-state index contributed by atoms with van der Waals surface area (Å²) in [6, 6.07) is 1.61. The van der Waals surface area contributed by atoms with Gasteiger partial charge in [0.25, 0.3) is 0 Å². The predicted octanol–water partition coefficient (Wildman–Crippen LogP) is 3.13. The molecule has 0 spiro atoms. The van der Waals surface area contributed by atoms with Gasteiger partial charge in [0.1, 0.15) is 10.7 Å². The quantitative estimate of drug-likeness (QED) is 0.828. The molecule has 0 saturated heterocycles. The van der Waals surface area contributed by atoms with Crippen molar-refractivity contribution in [2.75, 3.05) is 12.4 Å². The number of anilines is 1. The van der Waals surface area contributed by atoms with Crippen molar-refractivity contribution in [3.63, 3.8) is 0 Å². The number of halogens is 1. The van der Waals surface area contributed by atoms with Crippen LogP contribution in [0.15, 0.2) is 21.6 Å². The number of hydrogen-bond acceptors (Lipinski definition) is 4. The molecule has 2 atom stereocenters. The highest BCUT2D eigenvalue weighted by Gasteiger charge is 2.29. The zero-order valence-electron chi connectivity index (χ0n) is 12.4. The molecule has 1 saturated carbocycles. The molecule has 1 aliphatic carbocycles. The second-order valence-corrected chi connectivity index (χ2v) is 8.03. The Morgan fingerprint density at radius 3 is 2.76 bits per heavy atom. The fourth-order valence-electron chi connectivity index (χ4n) is 2.93. The molecule has 0 amide bonds. The lowest BCUT2D eigenvalue weighted by Crippen LogP contribution is -2.42. The summed E-state index contributed by atoms with van der Waals surface area (Å²) in [7, 11) is -1.90. The summed E-state index contributed by atoms with van der Waals surface area (Å²) in [6.45, 7) is 2.12. The fourth-order valence-corrected chi connectivity index (χ4v) is 4.94. The Labute approximate surface area is 135 Å². The minimum Gasteiger partial charge on any atom is -0.372 e. The Morgan fingerprint density at radius 1 is 1.38 bits per heavy atom. The van der Waals surface area contributed by atoms with Gasteiger partial charge in [0.05, 0.1) is 0 Å². The maximum absolute atomic E-state index is 12.7. The number of hydrogen-bond donors (Lipinski definition) is 2. The van der Waals surface area contributed by atoms with Gasteiger partial charge in [0, 0.05) is 23.8 Å². The maximum atomic E-state index is 12.7. The Morgan fingerprint density at radius 2 is 2.10 bits per heavy atom. The third-order valence-electron chi connectivity index (χ3n) is 4.09. The molecule has 0 radical (unpaired) electrons. The van der Waals surface area contributed by atoms with Gasteiger partial charge < -0.3 is 5.32 Å². The first-order valence-electron chi connectivity index (χ1n) is 7.33. The van der Waals surface area contributed by atoms with E-state index in [1.54, 1.807) is 19.3 Å². The topological polar surface area (TPSA) is 71.1 Å². The lowest BCUT2D eigenvalue weighted by Gasteiger charge is -2.31. The van der Waals surface area contributed by atoms with Crippen molar-refractivity contribution in [2.24, 2.45) is 5.92 Å². The molecule has 2 unspecified atom stereocenters. The first-order chi connectivity index (χ1) is 9.97. The molecule has 1 aromatic heterocycles. The molecule has 118 valence electrons. The number of nitrogens with zero attached hydrogens (tertiary/aromatic N) is 1. The van der Waals surface area contributed by atoms with Gasteiger partial charge in [-0.05, 0) is 40.8 Å². The van der Waals surface area contributed by atoms with Crippen molar-refractivity contribution in [2.45, 2.75) is 50.0 Å². The van der Waals surface area contributed by atoms with E-state index in [0.717, 1.165) is 25.7 Å². The SMILES string of the molecule is CCC1CCCCC1NS(=O)(=O)c1cc(Br)cnc1NC. The monoisotopic (exact) mass is 375 g/mol. The number of pyridine rings is 1. The van der Waals surface area contributed by atoms with Crippen molar-refractivity contribution in [3.8, 4) is 0 Å². The molecule has 1 aromatic rings. The Bertz CT molecular complexity index is 592. The highest BCUT2D eigenvalue weighted by atomic mass is 79.9. The fraction of sp³-hybridized carbons (Fsp3) is 0.643. The van der Waals surface area contributed by atoms with Gasteiger partial charge in [0.15, 0.2) is 0 Å². The predicted molar refractivity (Wildman–Crippen MR) is 87.8 cm³/mol. The Balaban J connectivity index is 2.27. The summed E-state index contributed by atoms with van der Waals surface area (Å²) in [5.41, 5.74) is 0. The zero-order chi connectivity index (χ0) is 15.5. The Kier molecular flexibility index (Phi) is 5.62. The molecular formula is C14H22BrN3O2S. The van der Waals surface area contributed by atoms with Crippen molar-refractivity contribution in [3.05, 3.63) is 16.7 Å². The molecule has 1 heterocycles. The van der Waals surface area contributed by atoms with Gasteiger partial charge in [0.2, 0.25) is 10.0 Å². The molecular weight excluding hydrogens is 354 g/mol. The summed E-state index contributed by atoms with van der Waals surface area (Å²) in [6.07, 6.45) is 6.87. The second kappa shape index (κ2) is 7.07. The van der Waals surface area contributed by atoms with E-state index in [2.05, 4.69) is 37.9 Å². The molecule has 5 nitrogen and oxygen atoms in total. The molecule has 1 aliphatic rings. The van der Waals surface area contributed by atoms with Crippen LogP contribution < -0.4 is 10.0 Å². The Hall–Kier alpha value is -0.660. The first-order valence-corrected chi connectivity index (χ1v) is 9.61. The summed E-state index contributed by atoms with van der Waals surface area (Å²) >= 11 is 3.29. The van der Waals surface area contributed by atoms with E-state index in [9.17, 15) is 8.42 Å². The molecule has 2 N–H and O–H groups in total. The van der Waals surface area contributed by atoms with Crippen molar-refractivity contribution >= 4 is 31.8 Å². The van der Waals surface area contributed by atoms with E-state index < -0.39 is 10.0 Å². The van der Waals surface area contributed by atoms with Crippen LogP contribution in [-0.2, 0) is 10.0 Å². The number of rotatable bonds is 5. The van der Waals surface area contributed by atoms with E-state index >= 15 is 0 Å². The van der Waals surface area contributed by atoms with Crippen LogP contribution in [0, 0.1) is 5.92 Å². The smallest absolute Gasteiger partial charge is 0.244 e. The summed E-state index contributed by atoms with van der Waals surface area (Å²) in [5, 5.41) is 2.84. The van der Waals surface area contributed by atoms with Crippen LogP contribution in [0.4, 0.5) is 5.82 Å². The van der Waals surface area contributed by atoms with Crippen LogP contribution in [0.2, 0.25) is 0 Å². The lowest BCUT2D eigenvalue weighted by molar-refractivity contribution is 0.282. The average Bonchev–Trinajstić information content (AvgIpc) is 2.47. The third kappa shape index (κ3) is 3.96. The van der Waals surface area contributed by atoms with Gasteiger partial charge in [-0.3, -0.25) is 0 Å². The standard InChI is InChI=1S/C14H22BrN3O2S/c1-3-10-6-4-5-7-12(10)18-21(19,20)13-8-11(15)9-17-14(13)16-2/h8-10,12,18H,3-7H2,1-2H3,(H,16,17). The van der Waals surface area contributed by atoms with Crippen LogP contribution >= 0.6 is 15.9 Å². The second-order valence-electron chi connectivity index (χ2n) is 5.43. The van der Waals surface area contributed by atoms with E-state index in [-0.39, 0.29) is 10.9 Å². The number of nitrogens with one attached hydrogen (secondary N) is 2. The molecule has 21 heavy (non-hydrogen) atoms. The van der Waals surface area contributed by atoms with E-state index in [1.165, 1.54) is 6.42 Å². The molecule has 2 rings (SSSR count). The maximum Gasteiger partial charge on any atom is 0.244 e. The van der Waals surface area contributed by atoms with Crippen molar-refractivity contribution in [1.29, 1.82) is 0 Å². The van der Waals surface area contributed by atoms with Crippen LogP contribution in [0.1, 0.15) is 39.0 Å². The highest BCUT2D eigenvalue weighted by Crippen LogP contribution is 2.29. The van der Waals surface area contributed by atoms with Crippen molar-refractivity contribution < 1.29 is 8.42 Å². The van der Waals surface area contributed by atoms with E-state index in [4.69, 9.17) is 0 Å². The summed E-state index contributed by atoms with van der Waals surface area (Å²) in [4.78, 5) is 4.31. The first kappa shape index (κ1) is 16.7. The van der Waals surface area contributed by atoms with Crippen LogP contribution in [0.3, 0.4) is 0 Å². The zero-order valence-corrected chi connectivity index (χ0v) is 14.8. The van der Waals surface area contributed by atoms with Gasteiger partial charge in [-0.25, -0.2) is 18.1 Å².